The van der Waals surface area contributed by atoms with Gasteiger partial charge in [0.25, 0.3) is 0 Å². The molecule has 0 fully saturated rings. The minimum Gasteiger partial charge on any atom is -0.384 e. The first-order valence-electron chi connectivity index (χ1n) is 8.35. The van der Waals surface area contributed by atoms with Crippen LogP contribution in [0.5, 0.6) is 0 Å². The van der Waals surface area contributed by atoms with Crippen LogP contribution in [0.25, 0.3) is 0 Å². The summed E-state index contributed by atoms with van der Waals surface area (Å²) in [6.07, 6.45) is 2.44. The number of anilines is 2. The molecule has 3 nitrogen and oxygen atoms in total. The van der Waals surface area contributed by atoms with Gasteiger partial charge in [-0.25, -0.2) is 0 Å². The minimum absolute atomic E-state index is 0.0355. The highest BCUT2D eigenvalue weighted by Crippen LogP contribution is 2.22. The molecule has 1 amide bonds. The smallest absolute Gasteiger partial charge is 0.226 e. The van der Waals surface area contributed by atoms with Crippen LogP contribution in [0.1, 0.15) is 37.0 Å². The molecule has 0 radical (unpaired) electrons. The standard InChI is InChI=1S/C20H26N2O/c1-4-16-7-6-8-17(5-2)20(16)21-14-13-19(23)22-18-11-9-15(3)10-12-18/h6-12,21H,4-5,13-14H2,1-3H3,(H,22,23). The van der Waals surface area contributed by atoms with Gasteiger partial charge in [0.05, 0.1) is 0 Å². The topological polar surface area (TPSA) is 41.1 Å². The molecule has 0 saturated carbocycles. The molecule has 0 spiro atoms. The van der Waals surface area contributed by atoms with Crippen molar-refractivity contribution in [1.29, 1.82) is 0 Å². The predicted molar refractivity (Wildman–Crippen MR) is 98.1 cm³/mol. The molecule has 0 aliphatic rings. The maximum Gasteiger partial charge on any atom is 0.226 e. The van der Waals surface area contributed by atoms with Crippen molar-refractivity contribution in [2.75, 3.05) is 17.2 Å². The van der Waals surface area contributed by atoms with E-state index in [1.165, 1.54) is 22.4 Å². The van der Waals surface area contributed by atoms with Crippen LogP contribution in [-0.2, 0) is 17.6 Å². The van der Waals surface area contributed by atoms with Crippen molar-refractivity contribution < 1.29 is 4.79 Å². The third-order valence-corrected chi connectivity index (χ3v) is 3.99. The quantitative estimate of drug-likeness (QED) is 0.787. The molecule has 0 aromatic heterocycles. The van der Waals surface area contributed by atoms with Gasteiger partial charge in [0.15, 0.2) is 0 Å². The molecule has 23 heavy (non-hydrogen) atoms. The number of hydrogen-bond acceptors (Lipinski definition) is 2. The third kappa shape index (κ3) is 4.85. The number of aryl methyl sites for hydroxylation is 3. The Hall–Kier alpha value is -2.29. The van der Waals surface area contributed by atoms with Gasteiger partial charge < -0.3 is 10.6 Å². The van der Waals surface area contributed by atoms with Crippen LogP contribution in [0.2, 0.25) is 0 Å². The molecular formula is C20H26N2O. The zero-order valence-corrected chi connectivity index (χ0v) is 14.3. The second-order valence-electron chi connectivity index (χ2n) is 5.75. The predicted octanol–water partition coefficient (Wildman–Crippen LogP) is 4.56. The van der Waals surface area contributed by atoms with E-state index in [9.17, 15) is 4.79 Å². The maximum absolute atomic E-state index is 12.0. The highest BCUT2D eigenvalue weighted by atomic mass is 16.1. The molecule has 0 bridgehead atoms. The Bertz CT molecular complexity index is 625. The van der Waals surface area contributed by atoms with Gasteiger partial charge in [0.1, 0.15) is 0 Å². The number of nitrogens with one attached hydrogen (secondary N) is 2. The van der Waals surface area contributed by atoms with E-state index in [-0.39, 0.29) is 5.91 Å². The van der Waals surface area contributed by atoms with E-state index in [2.05, 4.69) is 42.7 Å². The van der Waals surface area contributed by atoms with Gasteiger partial charge >= 0.3 is 0 Å². The van der Waals surface area contributed by atoms with Crippen molar-refractivity contribution >= 4 is 17.3 Å². The lowest BCUT2D eigenvalue weighted by Gasteiger charge is -2.15. The molecule has 0 atom stereocenters. The Kier molecular flexibility index (Phi) is 6.21. The molecule has 0 heterocycles. The minimum atomic E-state index is 0.0355. The van der Waals surface area contributed by atoms with Gasteiger partial charge in [0, 0.05) is 24.3 Å². The highest BCUT2D eigenvalue weighted by Gasteiger charge is 2.07. The van der Waals surface area contributed by atoms with Crippen LogP contribution in [0.3, 0.4) is 0 Å². The number of para-hydroxylation sites is 1. The van der Waals surface area contributed by atoms with Crippen LogP contribution in [-0.4, -0.2) is 12.5 Å². The van der Waals surface area contributed by atoms with Crippen molar-refractivity contribution in [3.05, 3.63) is 59.2 Å². The van der Waals surface area contributed by atoms with E-state index in [1.807, 2.05) is 31.2 Å². The highest BCUT2D eigenvalue weighted by molar-refractivity contribution is 5.91. The van der Waals surface area contributed by atoms with E-state index < -0.39 is 0 Å². The van der Waals surface area contributed by atoms with Crippen molar-refractivity contribution in [2.45, 2.75) is 40.0 Å². The summed E-state index contributed by atoms with van der Waals surface area (Å²) in [5.74, 6) is 0.0355. The van der Waals surface area contributed by atoms with E-state index in [0.717, 1.165) is 18.5 Å². The van der Waals surface area contributed by atoms with E-state index >= 15 is 0 Å². The molecule has 2 rings (SSSR count). The van der Waals surface area contributed by atoms with Crippen LogP contribution in [0, 0.1) is 6.92 Å². The Labute approximate surface area is 139 Å². The Balaban J connectivity index is 1.89. The summed E-state index contributed by atoms with van der Waals surface area (Å²) in [6, 6.07) is 14.3. The average molecular weight is 310 g/mol. The second-order valence-corrected chi connectivity index (χ2v) is 5.75. The normalized spacial score (nSPS) is 10.4. The van der Waals surface area contributed by atoms with E-state index in [4.69, 9.17) is 0 Å². The Morgan fingerprint density at radius 1 is 0.957 bits per heavy atom. The third-order valence-electron chi connectivity index (χ3n) is 3.99. The number of benzene rings is 2. The summed E-state index contributed by atoms with van der Waals surface area (Å²) < 4.78 is 0. The first-order chi connectivity index (χ1) is 11.1. The van der Waals surface area contributed by atoms with E-state index in [1.54, 1.807) is 0 Å². The molecule has 0 saturated heterocycles. The summed E-state index contributed by atoms with van der Waals surface area (Å²) in [5.41, 5.74) is 5.85. The lowest BCUT2D eigenvalue weighted by atomic mass is 10.0. The first-order valence-corrected chi connectivity index (χ1v) is 8.35. The zero-order valence-electron chi connectivity index (χ0n) is 14.3. The monoisotopic (exact) mass is 310 g/mol. The van der Waals surface area contributed by atoms with Gasteiger partial charge in [-0.15, -0.1) is 0 Å². The van der Waals surface area contributed by atoms with E-state index in [0.29, 0.717) is 13.0 Å². The number of amides is 1. The molecule has 0 unspecified atom stereocenters. The summed E-state index contributed by atoms with van der Waals surface area (Å²) >= 11 is 0. The average Bonchev–Trinajstić information content (AvgIpc) is 2.57. The van der Waals surface area contributed by atoms with Crippen molar-refractivity contribution in [3.8, 4) is 0 Å². The van der Waals surface area contributed by atoms with Crippen LogP contribution >= 0.6 is 0 Å². The number of hydrogen-bond donors (Lipinski definition) is 2. The summed E-state index contributed by atoms with van der Waals surface area (Å²) in [5, 5.41) is 6.38. The van der Waals surface area contributed by atoms with Crippen molar-refractivity contribution in [1.82, 2.24) is 0 Å². The summed E-state index contributed by atoms with van der Waals surface area (Å²) in [4.78, 5) is 12.0. The van der Waals surface area contributed by atoms with Gasteiger partial charge in [-0.3, -0.25) is 4.79 Å². The molecule has 122 valence electrons. The largest absolute Gasteiger partial charge is 0.384 e. The Morgan fingerprint density at radius 3 is 2.13 bits per heavy atom. The van der Waals surface area contributed by atoms with Gasteiger partial charge in [-0.1, -0.05) is 49.7 Å². The SMILES string of the molecule is CCc1cccc(CC)c1NCCC(=O)Nc1ccc(C)cc1. The van der Waals surface area contributed by atoms with Crippen LogP contribution in [0.4, 0.5) is 11.4 Å². The fourth-order valence-electron chi connectivity index (χ4n) is 2.63. The van der Waals surface area contributed by atoms with Crippen LogP contribution < -0.4 is 10.6 Å². The molecule has 0 aliphatic heterocycles. The van der Waals surface area contributed by atoms with Crippen molar-refractivity contribution in [3.63, 3.8) is 0 Å². The Morgan fingerprint density at radius 2 is 1.57 bits per heavy atom. The fourth-order valence-corrected chi connectivity index (χ4v) is 2.63. The number of carbonyl (C=O) groups excluding carboxylic acids is 1. The molecular weight excluding hydrogens is 284 g/mol. The summed E-state index contributed by atoms with van der Waals surface area (Å²) in [7, 11) is 0. The second kappa shape index (κ2) is 8.37. The molecule has 0 aliphatic carbocycles. The molecule has 2 aromatic carbocycles. The van der Waals surface area contributed by atoms with Crippen molar-refractivity contribution in [2.24, 2.45) is 0 Å². The molecule has 2 aromatic rings. The lowest BCUT2D eigenvalue weighted by molar-refractivity contribution is -0.115. The van der Waals surface area contributed by atoms with Gasteiger partial charge in [-0.05, 0) is 43.0 Å². The maximum atomic E-state index is 12.0. The molecule has 2 N–H and O–H groups in total. The summed E-state index contributed by atoms with van der Waals surface area (Å²) in [6.45, 7) is 6.99. The van der Waals surface area contributed by atoms with Gasteiger partial charge in [0.2, 0.25) is 5.91 Å². The molecule has 3 heteroatoms. The zero-order chi connectivity index (χ0) is 16.7. The first kappa shape index (κ1) is 17.1. The fraction of sp³-hybridized carbons (Fsp3) is 0.350. The number of rotatable bonds is 7. The van der Waals surface area contributed by atoms with Gasteiger partial charge in [-0.2, -0.15) is 0 Å². The number of carbonyl (C=O) groups is 1. The lowest BCUT2D eigenvalue weighted by Crippen LogP contribution is -2.17. The van der Waals surface area contributed by atoms with Crippen LogP contribution in [0.15, 0.2) is 42.5 Å².